The van der Waals surface area contributed by atoms with Crippen LogP contribution in [0, 0.1) is 11.7 Å². The average Bonchev–Trinajstić information content (AvgIpc) is 2.74. The minimum Gasteiger partial charge on any atom is -0.485 e. The van der Waals surface area contributed by atoms with Gasteiger partial charge in [0.15, 0.2) is 15.6 Å². The van der Waals surface area contributed by atoms with Crippen molar-refractivity contribution in [3.63, 3.8) is 0 Å². The molecule has 3 aromatic rings. The van der Waals surface area contributed by atoms with E-state index in [1.54, 1.807) is 12.1 Å². The summed E-state index contributed by atoms with van der Waals surface area (Å²) in [5, 5.41) is 14.3. The molecule has 7 nitrogen and oxygen atoms in total. The molecule has 0 aliphatic rings. The monoisotopic (exact) mass is 524 g/mol. The molecule has 1 heterocycles. The zero-order valence-electron chi connectivity index (χ0n) is 17.6. The minimum atomic E-state index is -3.38. The van der Waals surface area contributed by atoms with Crippen molar-refractivity contribution in [1.29, 1.82) is 0 Å². The zero-order valence-corrected chi connectivity index (χ0v) is 20.0. The van der Waals surface area contributed by atoms with Gasteiger partial charge >= 0.3 is 5.56 Å². The molecular formula is C22H22BrFN2O5S. The second kappa shape index (κ2) is 9.51. The van der Waals surface area contributed by atoms with Crippen molar-refractivity contribution in [3.8, 4) is 22.6 Å². The van der Waals surface area contributed by atoms with E-state index < -0.39 is 27.3 Å². The SMILES string of the molecule is CC(C)[C@@H](O)COc1c(-c2ccc(S(C)(=O)=O)cc2)cnn(-c2ccc(F)c(Br)c2)c1=O. The van der Waals surface area contributed by atoms with E-state index in [9.17, 15) is 22.7 Å². The smallest absolute Gasteiger partial charge is 0.314 e. The lowest BCUT2D eigenvalue weighted by Crippen LogP contribution is -2.28. The summed E-state index contributed by atoms with van der Waals surface area (Å²) in [6.45, 7) is 3.51. The number of rotatable bonds is 7. The summed E-state index contributed by atoms with van der Waals surface area (Å²) in [5.41, 5.74) is 0.563. The topological polar surface area (TPSA) is 98.5 Å². The Morgan fingerprint density at radius 2 is 1.84 bits per heavy atom. The summed E-state index contributed by atoms with van der Waals surface area (Å²) in [5.74, 6) is -0.641. The number of hydrogen-bond donors (Lipinski definition) is 1. The first-order chi connectivity index (χ1) is 15.0. The Hall–Kier alpha value is -2.56. The van der Waals surface area contributed by atoms with Gasteiger partial charge in [0.25, 0.3) is 0 Å². The van der Waals surface area contributed by atoms with Gasteiger partial charge in [-0.25, -0.2) is 12.8 Å². The molecule has 0 bridgehead atoms. The standard InChI is InChI=1S/C22H22BrFN2O5S/c1-13(2)20(27)12-31-21-17(14-4-7-16(8-5-14)32(3,29)30)11-25-26(22(21)28)15-6-9-19(24)18(23)10-15/h4-11,13,20,27H,12H2,1-3H3/t20-/m0/s1. The van der Waals surface area contributed by atoms with Gasteiger partial charge in [0.2, 0.25) is 0 Å². The molecule has 0 aliphatic carbocycles. The van der Waals surface area contributed by atoms with Gasteiger partial charge in [-0.2, -0.15) is 9.78 Å². The van der Waals surface area contributed by atoms with Crippen molar-refractivity contribution in [2.24, 2.45) is 5.92 Å². The maximum absolute atomic E-state index is 13.6. The van der Waals surface area contributed by atoms with E-state index in [-0.39, 0.29) is 27.6 Å². The van der Waals surface area contributed by atoms with E-state index in [1.807, 2.05) is 13.8 Å². The van der Waals surface area contributed by atoms with Gasteiger partial charge in [-0.1, -0.05) is 26.0 Å². The van der Waals surface area contributed by atoms with Crippen LogP contribution < -0.4 is 10.3 Å². The molecular weight excluding hydrogens is 503 g/mol. The van der Waals surface area contributed by atoms with E-state index in [2.05, 4.69) is 21.0 Å². The maximum atomic E-state index is 13.6. The fraction of sp³-hybridized carbons (Fsp3) is 0.273. The van der Waals surface area contributed by atoms with Crippen LogP contribution >= 0.6 is 15.9 Å². The van der Waals surface area contributed by atoms with Crippen LogP contribution in [0.1, 0.15) is 13.8 Å². The lowest BCUT2D eigenvalue weighted by molar-refractivity contribution is 0.0695. The number of benzene rings is 2. The third kappa shape index (κ3) is 5.25. The number of halogens is 2. The van der Waals surface area contributed by atoms with Crippen LogP contribution in [-0.4, -0.2) is 42.3 Å². The third-order valence-electron chi connectivity index (χ3n) is 4.84. The van der Waals surface area contributed by atoms with Gasteiger partial charge in [0.1, 0.15) is 12.4 Å². The molecule has 1 N–H and O–H groups in total. The van der Waals surface area contributed by atoms with Crippen molar-refractivity contribution in [2.75, 3.05) is 12.9 Å². The van der Waals surface area contributed by atoms with Crippen LogP contribution in [0.3, 0.4) is 0 Å². The molecule has 0 fully saturated rings. The molecule has 0 saturated heterocycles. The largest absolute Gasteiger partial charge is 0.485 e. The van der Waals surface area contributed by atoms with E-state index in [0.717, 1.165) is 10.9 Å². The highest BCUT2D eigenvalue weighted by molar-refractivity contribution is 9.10. The molecule has 0 aliphatic heterocycles. The number of sulfone groups is 1. The Bertz CT molecular complexity index is 1290. The van der Waals surface area contributed by atoms with Crippen molar-refractivity contribution >= 4 is 25.8 Å². The average molecular weight is 525 g/mol. The summed E-state index contributed by atoms with van der Waals surface area (Å²) in [6.07, 6.45) is 1.70. The van der Waals surface area contributed by atoms with Gasteiger partial charge in [-0.05, 0) is 57.7 Å². The second-order valence-electron chi connectivity index (χ2n) is 7.62. The molecule has 2 aromatic carbocycles. The fourth-order valence-electron chi connectivity index (χ4n) is 2.83. The minimum absolute atomic E-state index is 0.0627. The van der Waals surface area contributed by atoms with E-state index in [0.29, 0.717) is 16.8 Å². The summed E-state index contributed by atoms with van der Waals surface area (Å²) in [6, 6.07) is 9.99. The molecule has 10 heteroatoms. The number of aliphatic hydroxyl groups excluding tert-OH is 1. The molecule has 0 radical (unpaired) electrons. The van der Waals surface area contributed by atoms with Crippen LogP contribution in [0.2, 0.25) is 0 Å². The Labute approximate surface area is 193 Å². The highest BCUT2D eigenvalue weighted by atomic mass is 79.9. The van der Waals surface area contributed by atoms with Gasteiger partial charge < -0.3 is 9.84 Å². The first-order valence-corrected chi connectivity index (χ1v) is 12.4. The zero-order chi connectivity index (χ0) is 23.6. The Morgan fingerprint density at radius 1 is 1.19 bits per heavy atom. The predicted molar refractivity (Wildman–Crippen MR) is 122 cm³/mol. The highest BCUT2D eigenvalue weighted by Gasteiger charge is 2.19. The molecule has 0 spiro atoms. The molecule has 0 amide bonds. The first kappa shape index (κ1) is 24.1. The summed E-state index contributed by atoms with van der Waals surface area (Å²) in [7, 11) is -3.38. The van der Waals surface area contributed by atoms with Crippen molar-refractivity contribution in [2.45, 2.75) is 24.8 Å². The van der Waals surface area contributed by atoms with Crippen molar-refractivity contribution in [1.82, 2.24) is 9.78 Å². The third-order valence-corrected chi connectivity index (χ3v) is 6.58. The number of hydrogen-bond acceptors (Lipinski definition) is 6. The Kier molecular flexibility index (Phi) is 7.16. The molecule has 1 aromatic heterocycles. The number of nitrogens with zero attached hydrogens (tertiary/aromatic N) is 2. The maximum Gasteiger partial charge on any atom is 0.314 e. The predicted octanol–water partition coefficient (Wildman–Crippen LogP) is 3.60. The van der Waals surface area contributed by atoms with E-state index >= 15 is 0 Å². The van der Waals surface area contributed by atoms with Gasteiger partial charge in [-0.15, -0.1) is 0 Å². The van der Waals surface area contributed by atoms with Crippen molar-refractivity contribution < 1.29 is 22.7 Å². The number of aromatic nitrogens is 2. The quantitative estimate of drug-likeness (QED) is 0.506. The fourth-order valence-corrected chi connectivity index (χ4v) is 3.82. The van der Waals surface area contributed by atoms with Crippen LogP contribution in [0.15, 0.2) is 62.8 Å². The normalized spacial score (nSPS) is 12.7. The summed E-state index contributed by atoms with van der Waals surface area (Å²) >= 11 is 3.09. The van der Waals surface area contributed by atoms with Crippen LogP contribution in [0.25, 0.3) is 16.8 Å². The number of ether oxygens (including phenoxy) is 1. The van der Waals surface area contributed by atoms with Crippen LogP contribution in [0.5, 0.6) is 5.75 Å². The lowest BCUT2D eigenvalue weighted by atomic mass is 10.1. The van der Waals surface area contributed by atoms with Crippen molar-refractivity contribution in [3.05, 3.63) is 69.3 Å². The Morgan fingerprint density at radius 3 is 2.41 bits per heavy atom. The molecule has 3 rings (SSSR count). The summed E-state index contributed by atoms with van der Waals surface area (Å²) < 4.78 is 44.1. The second-order valence-corrected chi connectivity index (χ2v) is 10.5. The van der Waals surface area contributed by atoms with Gasteiger partial charge in [0.05, 0.1) is 27.4 Å². The molecule has 32 heavy (non-hydrogen) atoms. The molecule has 0 unspecified atom stereocenters. The molecule has 0 saturated carbocycles. The van der Waals surface area contributed by atoms with Crippen LogP contribution in [0.4, 0.5) is 4.39 Å². The summed E-state index contributed by atoms with van der Waals surface area (Å²) in [4.78, 5) is 13.4. The van der Waals surface area contributed by atoms with E-state index in [4.69, 9.17) is 4.74 Å². The number of aliphatic hydroxyl groups is 1. The van der Waals surface area contributed by atoms with Crippen LogP contribution in [-0.2, 0) is 9.84 Å². The van der Waals surface area contributed by atoms with Gasteiger partial charge in [0, 0.05) is 11.8 Å². The molecule has 1 atom stereocenters. The van der Waals surface area contributed by atoms with Gasteiger partial charge in [-0.3, -0.25) is 4.79 Å². The lowest BCUT2D eigenvalue weighted by Gasteiger charge is -2.18. The van der Waals surface area contributed by atoms with E-state index in [1.165, 1.54) is 36.5 Å². The Balaban J connectivity index is 2.13. The highest BCUT2D eigenvalue weighted by Crippen LogP contribution is 2.28. The first-order valence-electron chi connectivity index (χ1n) is 9.68. The molecule has 170 valence electrons.